The van der Waals surface area contributed by atoms with Gasteiger partial charge in [-0.15, -0.1) is 5.10 Å². The zero-order valence-corrected chi connectivity index (χ0v) is 21.2. The molecule has 0 unspecified atom stereocenters. The molecule has 2 aromatic rings. The molecule has 0 fully saturated rings. The lowest BCUT2D eigenvalue weighted by Crippen LogP contribution is -2.35. The van der Waals surface area contributed by atoms with Crippen molar-refractivity contribution in [2.24, 2.45) is 16.0 Å². The summed E-state index contributed by atoms with van der Waals surface area (Å²) in [4.78, 5) is 29.0. The average Bonchev–Trinajstić information content (AvgIpc) is 3.27. The smallest absolute Gasteiger partial charge is 0.343 e. The number of hydrazone groups is 1. The number of benzene rings is 2. The molecule has 2 aliphatic rings. The quantitative estimate of drug-likeness (QED) is 0.342. The number of esters is 1. The van der Waals surface area contributed by atoms with E-state index in [1.165, 1.54) is 19.3 Å². The number of nitrogens with one attached hydrogen (secondary N) is 1. The van der Waals surface area contributed by atoms with Crippen LogP contribution in [0, 0.1) is 11.3 Å². The summed E-state index contributed by atoms with van der Waals surface area (Å²) < 4.78 is 35.7. The van der Waals surface area contributed by atoms with E-state index >= 15 is 0 Å². The summed E-state index contributed by atoms with van der Waals surface area (Å²) in [6.07, 6.45) is 1.41. The maximum Gasteiger partial charge on any atom is 0.343 e. The number of ether oxygens (including phenoxy) is 2. The van der Waals surface area contributed by atoms with Crippen LogP contribution < -0.4 is 9.47 Å². The molecular formula is C24H22N4O6S2. The predicted molar refractivity (Wildman–Crippen MR) is 138 cm³/mol. The molecular weight excluding hydrogens is 504 g/mol. The van der Waals surface area contributed by atoms with Crippen LogP contribution in [0.1, 0.15) is 29.8 Å². The van der Waals surface area contributed by atoms with E-state index in [4.69, 9.17) is 14.9 Å². The first-order valence-electron chi connectivity index (χ1n) is 10.8. The second-order valence-electron chi connectivity index (χ2n) is 8.23. The average molecular weight is 527 g/mol. The molecule has 0 atom stereocenters. The van der Waals surface area contributed by atoms with Gasteiger partial charge < -0.3 is 9.47 Å². The Kier molecular flexibility index (Phi) is 7.09. The van der Waals surface area contributed by atoms with E-state index in [0.29, 0.717) is 11.1 Å². The summed E-state index contributed by atoms with van der Waals surface area (Å²) in [7, 11) is -2.27. The highest BCUT2D eigenvalue weighted by molar-refractivity contribution is 8.42. The Balaban J connectivity index is 1.59. The Hall–Kier alpha value is -3.77. The maximum absolute atomic E-state index is 12.7. The Morgan fingerprint density at radius 2 is 1.89 bits per heavy atom. The zero-order valence-electron chi connectivity index (χ0n) is 19.6. The van der Waals surface area contributed by atoms with E-state index in [2.05, 4.69) is 10.1 Å². The molecule has 1 amide bonds. The fourth-order valence-corrected chi connectivity index (χ4v) is 6.16. The summed E-state index contributed by atoms with van der Waals surface area (Å²) in [5, 5.41) is 13.6. The van der Waals surface area contributed by atoms with Crippen LogP contribution in [0.2, 0.25) is 0 Å². The van der Waals surface area contributed by atoms with E-state index in [0.717, 1.165) is 16.8 Å². The summed E-state index contributed by atoms with van der Waals surface area (Å²) in [5.74, 6) is -1.35. The highest BCUT2D eigenvalue weighted by Crippen LogP contribution is 2.33. The van der Waals surface area contributed by atoms with Crippen molar-refractivity contribution in [3.05, 3.63) is 65.2 Å². The van der Waals surface area contributed by atoms with Gasteiger partial charge >= 0.3 is 5.97 Å². The molecule has 0 aromatic heterocycles. The normalized spacial score (nSPS) is 16.7. The summed E-state index contributed by atoms with van der Waals surface area (Å²) in [5.41, 5.74) is 0.766. The topological polar surface area (TPSA) is 139 Å². The first-order chi connectivity index (χ1) is 17.1. The number of hydrogen-bond donors (Lipinski definition) is 1. The number of carbonyl (C=O) groups is 2. The minimum absolute atomic E-state index is 0.0187. The van der Waals surface area contributed by atoms with Crippen LogP contribution >= 0.6 is 11.8 Å². The van der Waals surface area contributed by atoms with Crippen molar-refractivity contribution in [3.8, 4) is 11.5 Å². The Labute approximate surface area is 212 Å². The van der Waals surface area contributed by atoms with Gasteiger partial charge in [0.2, 0.25) is 19.4 Å². The predicted octanol–water partition coefficient (Wildman–Crippen LogP) is 3.56. The van der Waals surface area contributed by atoms with Crippen LogP contribution in [0.5, 0.6) is 11.5 Å². The molecule has 2 aliphatic heterocycles. The number of aliphatic imine (C=N–C) groups is 1. The third-order valence-corrected chi connectivity index (χ3v) is 8.40. The van der Waals surface area contributed by atoms with E-state index in [-0.39, 0.29) is 44.1 Å². The van der Waals surface area contributed by atoms with E-state index < -0.39 is 21.7 Å². The lowest BCUT2D eigenvalue weighted by atomic mass is 10.1. The number of amidine groups is 2. The van der Waals surface area contributed by atoms with Gasteiger partial charge in [0.05, 0.1) is 24.0 Å². The van der Waals surface area contributed by atoms with Gasteiger partial charge in [-0.3, -0.25) is 10.2 Å². The number of fused-ring (bicyclic) bond motifs is 1. The highest BCUT2D eigenvalue weighted by atomic mass is 32.3. The lowest BCUT2D eigenvalue weighted by Gasteiger charge is -2.20. The molecule has 10 nitrogen and oxygen atoms in total. The van der Waals surface area contributed by atoms with Crippen LogP contribution in [0.4, 0.5) is 0 Å². The van der Waals surface area contributed by atoms with E-state index in [1.54, 1.807) is 56.3 Å². The van der Waals surface area contributed by atoms with Gasteiger partial charge in [-0.1, -0.05) is 38.1 Å². The zero-order chi connectivity index (χ0) is 26.0. The van der Waals surface area contributed by atoms with E-state index in [1.807, 2.05) is 0 Å². The number of carbonyl (C=O) groups excluding carboxylic acids is 2. The molecule has 2 heterocycles. The van der Waals surface area contributed by atoms with Crippen molar-refractivity contribution >= 4 is 54.9 Å². The number of amides is 1. The molecule has 0 radical (unpaired) electrons. The monoisotopic (exact) mass is 526 g/mol. The standard InChI is InChI=1S/C24H22N4O6S2/c1-14(2)13-36(31,32)24-27-28-20(25)17(21(29)26-23(28)35-24)11-15-9-10-18(19(12-15)33-3)34-22(30)16-7-5-4-6-8-16/h4-12,14,25H,13H2,1-3H3. The molecule has 12 heteroatoms. The number of thioether (sulfide) groups is 1. The fourth-order valence-electron chi connectivity index (χ4n) is 3.37. The van der Waals surface area contributed by atoms with E-state index in [9.17, 15) is 18.0 Å². The first-order valence-corrected chi connectivity index (χ1v) is 13.2. The van der Waals surface area contributed by atoms with Crippen molar-refractivity contribution in [1.29, 1.82) is 5.41 Å². The first kappa shape index (κ1) is 25.3. The third-order valence-electron chi connectivity index (χ3n) is 4.97. The van der Waals surface area contributed by atoms with Crippen LogP contribution in [0.15, 0.2) is 64.2 Å². The molecule has 4 rings (SSSR count). The summed E-state index contributed by atoms with van der Waals surface area (Å²) in [6, 6.07) is 13.1. The van der Waals surface area contributed by atoms with Gasteiger partial charge in [0, 0.05) is 0 Å². The van der Waals surface area contributed by atoms with Crippen molar-refractivity contribution in [3.63, 3.8) is 0 Å². The second-order valence-corrected chi connectivity index (χ2v) is 11.4. The lowest BCUT2D eigenvalue weighted by molar-refractivity contribution is -0.114. The molecule has 0 saturated heterocycles. The SMILES string of the molecule is COc1cc(C=C2C(=N)N3N=C(S(=O)(=O)CC(C)C)SC3=NC2=O)ccc1OC(=O)c1ccccc1. The number of rotatable bonds is 6. The van der Waals surface area contributed by atoms with Gasteiger partial charge in [0.15, 0.2) is 17.3 Å². The molecule has 1 N–H and O–H groups in total. The Morgan fingerprint density at radius 3 is 2.56 bits per heavy atom. The Morgan fingerprint density at radius 1 is 1.17 bits per heavy atom. The minimum Gasteiger partial charge on any atom is -0.493 e. The second kappa shape index (κ2) is 10.1. The molecule has 0 bridgehead atoms. The molecule has 2 aromatic carbocycles. The summed E-state index contributed by atoms with van der Waals surface area (Å²) >= 11 is 0.752. The van der Waals surface area contributed by atoms with Gasteiger partial charge in [-0.2, -0.15) is 10.0 Å². The van der Waals surface area contributed by atoms with Crippen molar-refractivity contribution in [1.82, 2.24) is 5.01 Å². The maximum atomic E-state index is 12.7. The van der Waals surface area contributed by atoms with Gasteiger partial charge in [-0.25, -0.2) is 13.2 Å². The minimum atomic E-state index is -3.67. The third kappa shape index (κ3) is 5.24. The van der Waals surface area contributed by atoms with Crippen LogP contribution in [0.25, 0.3) is 6.08 Å². The fraction of sp³-hybridized carbons (Fsp3) is 0.208. The number of hydrogen-bond acceptors (Lipinski definition) is 9. The van der Waals surface area contributed by atoms with Gasteiger partial charge in [0.25, 0.3) is 5.91 Å². The highest BCUT2D eigenvalue weighted by Gasteiger charge is 2.39. The number of nitrogens with zero attached hydrogens (tertiary/aromatic N) is 3. The molecule has 0 aliphatic carbocycles. The Bertz CT molecular complexity index is 1450. The molecule has 0 saturated carbocycles. The van der Waals surface area contributed by atoms with Crippen molar-refractivity contribution in [2.45, 2.75) is 13.8 Å². The van der Waals surface area contributed by atoms with Crippen molar-refractivity contribution in [2.75, 3.05) is 12.9 Å². The summed E-state index contributed by atoms with van der Waals surface area (Å²) in [6.45, 7) is 3.55. The van der Waals surface area contributed by atoms with Gasteiger partial charge in [0.1, 0.15) is 0 Å². The number of sulfone groups is 1. The largest absolute Gasteiger partial charge is 0.493 e. The van der Waals surface area contributed by atoms with Gasteiger partial charge in [-0.05, 0) is 53.6 Å². The van der Waals surface area contributed by atoms with Crippen LogP contribution in [0.3, 0.4) is 0 Å². The van der Waals surface area contributed by atoms with Crippen LogP contribution in [-0.4, -0.2) is 53.5 Å². The molecule has 186 valence electrons. The molecule has 36 heavy (non-hydrogen) atoms. The molecule has 0 spiro atoms. The van der Waals surface area contributed by atoms with Crippen LogP contribution in [-0.2, 0) is 14.6 Å². The number of methoxy groups -OCH3 is 1. The van der Waals surface area contributed by atoms with Crippen molar-refractivity contribution < 1.29 is 27.5 Å².